The molecule has 0 aliphatic rings. The monoisotopic (exact) mass is 262 g/mol. The molecule has 0 aliphatic heterocycles. The number of rotatable bonds is 3. The maximum absolute atomic E-state index is 5.28. The fraction of sp³-hybridized carbons (Fsp3) is 0.800. The molecule has 0 saturated heterocycles. The van der Waals surface area contributed by atoms with E-state index in [-0.39, 0.29) is 0 Å². The normalized spacial score (nSPS) is 12.2. The van der Waals surface area contributed by atoms with E-state index in [1.807, 2.05) is 45.0 Å². The number of nitrogens with zero attached hydrogens (tertiary/aromatic N) is 3. The van der Waals surface area contributed by atoms with Crippen molar-refractivity contribution in [1.29, 1.82) is 0 Å². The summed E-state index contributed by atoms with van der Waals surface area (Å²) in [6.45, 7) is 3.08. The molecule has 6 heteroatoms. The second-order valence-electron chi connectivity index (χ2n) is 4.35. The van der Waals surface area contributed by atoms with E-state index in [1.165, 1.54) is 0 Å². The third-order valence-electron chi connectivity index (χ3n) is 2.23. The Morgan fingerprint density at radius 2 is 1.56 bits per heavy atom. The Bertz CT molecular complexity index is 253. The van der Waals surface area contributed by atoms with E-state index in [0.717, 1.165) is 6.54 Å². The molecule has 0 spiro atoms. The van der Waals surface area contributed by atoms with Crippen molar-refractivity contribution in [1.82, 2.24) is 20.0 Å². The second-order valence-corrected chi connectivity index (χ2v) is 5.13. The third kappa shape index (κ3) is 5.58. The molecule has 0 aromatic heterocycles. The van der Waals surface area contributed by atoms with Crippen LogP contribution in [0.15, 0.2) is 0 Å². The minimum absolute atomic E-state index is 0.347. The van der Waals surface area contributed by atoms with E-state index in [0.29, 0.717) is 16.3 Å². The first-order valence-electron chi connectivity index (χ1n) is 5.15. The smallest absolute Gasteiger partial charge is 0.175 e. The van der Waals surface area contributed by atoms with Crippen LogP contribution in [0.25, 0.3) is 0 Å². The van der Waals surface area contributed by atoms with Gasteiger partial charge in [0.15, 0.2) is 10.2 Å². The van der Waals surface area contributed by atoms with E-state index in [9.17, 15) is 0 Å². The summed E-state index contributed by atoms with van der Waals surface area (Å²) in [5.41, 5.74) is 0. The summed E-state index contributed by atoms with van der Waals surface area (Å²) >= 11 is 10.4. The van der Waals surface area contributed by atoms with Crippen LogP contribution in [-0.2, 0) is 0 Å². The summed E-state index contributed by atoms with van der Waals surface area (Å²) in [4.78, 5) is 5.98. The molecule has 1 N–H and O–H groups in total. The topological polar surface area (TPSA) is 21.8 Å². The predicted octanol–water partition coefficient (Wildman–Crippen LogP) is 0.589. The predicted molar refractivity (Wildman–Crippen MR) is 77.8 cm³/mol. The third-order valence-corrected chi connectivity index (χ3v) is 3.09. The molecule has 1 atom stereocenters. The first kappa shape index (κ1) is 15.5. The highest BCUT2D eigenvalue weighted by Crippen LogP contribution is 1.98. The van der Waals surface area contributed by atoms with Gasteiger partial charge in [-0.15, -0.1) is 0 Å². The van der Waals surface area contributed by atoms with Crippen molar-refractivity contribution in [3.05, 3.63) is 0 Å². The molecule has 94 valence electrons. The lowest BCUT2D eigenvalue weighted by Crippen LogP contribution is -2.49. The van der Waals surface area contributed by atoms with Crippen LogP contribution in [0.2, 0.25) is 0 Å². The number of nitrogens with one attached hydrogen (secondary N) is 1. The van der Waals surface area contributed by atoms with E-state index in [1.54, 1.807) is 0 Å². The summed E-state index contributed by atoms with van der Waals surface area (Å²) in [6, 6.07) is 0.347. The van der Waals surface area contributed by atoms with Crippen LogP contribution in [0.1, 0.15) is 6.92 Å². The highest BCUT2D eigenvalue weighted by molar-refractivity contribution is 7.81. The maximum Gasteiger partial charge on any atom is 0.175 e. The largest absolute Gasteiger partial charge is 0.355 e. The van der Waals surface area contributed by atoms with E-state index < -0.39 is 0 Å². The molecular weight excluding hydrogens is 240 g/mol. The zero-order valence-corrected chi connectivity index (χ0v) is 12.6. The van der Waals surface area contributed by atoms with E-state index >= 15 is 0 Å². The van der Waals surface area contributed by atoms with Gasteiger partial charge in [-0.1, -0.05) is 0 Å². The van der Waals surface area contributed by atoms with Gasteiger partial charge >= 0.3 is 0 Å². The molecule has 0 radical (unpaired) electrons. The van der Waals surface area contributed by atoms with Gasteiger partial charge in [0.05, 0.1) is 0 Å². The zero-order chi connectivity index (χ0) is 12.9. The van der Waals surface area contributed by atoms with Crippen LogP contribution in [-0.4, -0.2) is 72.7 Å². The lowest BCUT2D eigenvalue weighted by Gasteiger charge is -2.30. The molecule has 0 heterocycles. The Hall–Kier alpha value is -0.460. The molecule has 0 bridgehead atoms. The quantitative estimate of drug-likeness (QED) is 0.747. The van der Waals surface area contributed by atoms with Gasteiger partial charge in [-0.2, -0.15) is 0 Å². The molecule has 0 rings (SSSR count). The fourth-order valence-electron chi connectivity index (χ4n) is 1.14. The zero-order valence-electron chi connectivity index (χ0n) is 10.9. The summed E-state index contributed by atoms with van der Waals surface area (Å²) in [6.07, 6.45) is 0. The average molecular weight is 262 g/mol. The van der Waals surface area contributed by atoms with Gasteiger partial charge < -0.3 is 20.0 Å². The summed E-state index contributed by atoms with van der Waals surface area (Å²) < 4.78 is 0. The Balaban J connectivity index is 4.22. The first-order valence-corrected chi connectivity index (χ1v) is 5.97. The van der Waals surface area contributed by atoms with Crippen LogP contribution in [0.3, 0.4) is 0 Å². The van der Waals surface area contributed by atoms with E-state index in [2.05, 4.69) is 17.1 Å². The average Bonchev–Trinajstić information content (AvgIpc) is 2.14. The molecule has 0 aromatic rings. The van der Waals surface area contributed by atoms with Gasteiger partial charge in [0, 0.05) is 33.7 Å². The summed E-state index contributed by atoms with van der Waals surface area (Å²) in [5.74, 6) is 0. The van der Waals surface area contributed by atoms with Gasteiger partial charge in [0.1, 0.15) is 0 Å². The van der Waals surface area contributed by atoms with Crippen molar-refractivity contribution in [3.63, 3.8) is 0 Å². The highest BCUT2D eigenvalue weighted by atomic mass is 32.1. The van der Waals surface area contributed by atoms with Crippen LogP contribution in [0.4, 0.5) is 0 Å². The molecule has 16 heavy (non-hydrogen) atoms. The minimum atomic E-state index is 0.347. The van der Waals surface area contributed by atoms with Gasteiger partial charge in [0.25, 0.3) is 0 Å². The van der Waals surface area contributed by atoms with Crippen molar-refractivity contribution < 1.29 is 0 Å². The van der Waals surface area contributed by atoms with Crippen LogP contribution in [0, 0.1) is 0 Å². The molecule has 0 fully saturated rings. The first-order chi connectivity index (χ1) is 7.25. The van der Waals surface area contributed by atoms with Crippen molar-refractivity contribution in [3.8, 4) is 0 Å². The SMILES string of the molecule is CC(CN(C)C)N(C)C(=S)NC(=S)N(C)C. The lowest BCUT2D eigenvalue weighted by atomic mass is 10.3. The second kappa shape index (κ2) is 6.98. The van der Waals surface area contributed by atoms with Crippen molar-refractivity contribution in [2.45, 2.75) is 13.0 Å². The number of hydrogen-bond donors (Lipinski definition) is 1. The fourth-order valence-corrected chi connectivity index (χ4v) is 1.58. The van der Waals surface area contributed by atoms with Crippen molar-refractivity contribution >= 4 is 34.7 Å². The van der Waals surface area contributed by atoms with Crippen LogP contribution < -0.4 is 5.32 Å². The van der Waals surface area contributed by atoms with Gasteiger partial charge in [-0.25, -0.2) is 0 Å². The standard InChI is InChI=1S/C10H22N4S2/c1-8(7-12(2)3)14(6)10(16)11-9(15)13(4)5/h8H,7H2,1-6H3,(H,11,15,16). The van der Waals surface area contributed by atoms with Crippen LogP contribution in [0.5, 0.6) is 0 Å². The Morgan fingerprint density at radius 3 is 1.94 bits per heavy atom. The van der Waals surface area contributed by atoms with Crippen LogP contribution >= 0.6 is 24.4 Å². The minimum Gasteiger partial charge on any atom is -0.355 e. The number of hydrogen-bond acceptors (Lipinski definition) is 3. The Morgan fingerprint density at radius 1 is 1.06 bits per heavy atom. The molecule has 1 unspecified atom stereocenters. The maximum atomic E-state index is 5.28. The van der Waals surface area contributed by atoms with Gasteiger partial charge in [-0.05, 0) is 45.5 Å². The molecule has 4 nitrogen and oxygen atoms in total. The number of thiocarbonyl (C=S) groups is 2. The molecule has 0 saturated carbocycles. The lowest BCUT2D eigenvalue weighted by molar-refractivity contribution is 0.285. The van der Waals surface area contributed by atoms with Crippen molar-refractivity contribution in [2.75, 3.05) is 41.8 Å². The van der Waals surface area contributed by atoms with E-state index in [4.69, 9.17) is 24.4 Å². The molecular formula is C10H22N4S2. The number of likely N-dealkylation sites (N-methyl/N-ethyl adjacent to an activating group) is 2. The summed E-state index contributed by atoms with van der Waals surface area (Å²) in [5, 5.41) is 4.32. The van der Waals surface area contributed by atoms with Crippen molar-refractivity contribution in [2.24, 2.45) is 0 Å². The van der Waals surface area contributed by atoms with Gasteiger partial charge in [0.2, 0.25) is 0 Å². The Labute approximate surface area is 110 Å². The molecule has 0 aliphatic carbocycles. The molecule has 0 aromatic carbocycles. The van der Waals surface area contributed by atoms with Gasteiger partial charge in [-0.3, -0.25) is 0 Å². The highest BCUT2D eigenvalue weighted by Gasteiger charge is 2.14. The Kier molecular flexibility index (Phi) is 6.78. The summed E-state index contributed by atoms with van der Waals surface area (Å²) in [7, 11) is 9.85. The molecule has 0 amide bonds.